The van der Waals surface area contributed by atoms with Crippen LogP contribution in [0.15, 0.2) is 77.7 Å². The number of alkyl halides is 3. The summed E-state index contributed by atoms with van der Waals surface area (Å²) in [6.07, 6.45) is -4.72. The van der Waals surface area contributed by atoms with Crippen molar-refractivity contribution < 1.29 is 26.4 Å². The monoisotopic (exact) mass is 502 g/mol. The maximum atomic E-state index is 13.2. The Morgan fingerprint density at radius 3 is 2.16 bits per heavy atom. The molecule has 0 fully saturated rings. The maximum absolute atomic E-state index is 13.2. The van der Waals surface area contributed by atoms with Crippen LogP contribution in [-0.2, 0) is 21.0 Å². The predicted molar refractivity (Wildman–Crippen MR) is 118 cm³/mol. The zero-order valence-corrected chi connectivity index (χ0v) is 18.4. The second kappa shape index (κ2) is 9.40. The summed E-state index contributed by atoms with van der Waals surface area (Å²) < 4.78 is 66.5. The van der Waals surface area contributed by atoms with Crippen molar-refractivity contribution in [2.24, 2.45) is 0 Å². The molecular weight excluding hydrogens is 488 g/mol. The Morgan fingerprint density at radius 2 is 1.56 bits per heavy atom. The number of para-hydroxylation sites is 1. The Morgan fingerprint density at radius 1 is 0.938 bits per heavy atom. The molecule has 3 rings (SSSR count). The van der Waals surface area contributed by atoms with Crippen LogP contribution in [0.1, 0.15) is 5.56 Å². The highest BCUT2D eigenvalue weighted by atomic mass is 35.5. The zero-order chi connectivity index (χ0) is 23.5. The van der Waals surface area contributed by atoms with Crippen LogP contribution in [0.25, 0.3) is 0 Å². The first-order valence-corrected chi connectivity index (χ1v) is 11.2. The van der Waals surface area contributed by atoms with Gasteiger partial charge in [-0.25, -0.2) is 8.42 Å². The lowest BCUT2D eigenvalue weighted by atomic mass is 10.2. The van der Waals surface area contributed by atoms with E-state index in [0.717, 1.165) is 10.4 Å². The molecule has 0 unspecified atom stereocenters. The van der Waals surface area contributed by atoms with Gasteiger partial charge >= 0.3 is 6.18 Å². The summed E-state index contributed by atoms with van der Waals surface area (Å²) in [7, 11) is -4.18. The fourth-order valence-corrected chi connectivity index (χ4v) is 4.57. The maximum Gasteiger partial charge on any atom is 0.417 e. The Bertz CT molecular complexity index is 1220. The lowest BCUT2D eigenvalue weighted by molar-refractivity contribution is -0.137. The minimum absolute atomic E-state index is 0.107. The molecule has 0 aliphatic carbocycles. The Balaban J connectivity index is 1.91. The minimum atomic E-state index is -4.72. The number of amides is 1. The summed E-state index contributed by atoms with van der Waals surface area (Å²) in [5.74, 6) is -0.846. The Labute approximate surface area is 192 Å². The van der Waals surface area contributed by atoms with Crippen LogP contribution >= 0.6 is 23.2 Å². The van der Waals surface area contributed by atoms with Crippen LogP contribution in [0.3, 0.4) is 0 Å². The van der Waals surface area contributed by atoms with Crippen molar-refractivity contribution in [3.63, 3.8) is 0 Å². The number of halogens is 5. The van der Waals surface area contributed by atoms with E-state index in [1.807, 2.05) is 0 Å². The average Bonchev–Trinajstić information content (AvgIpc) is 2.73. The van der Waals surface area contributed by atoms with Gasteiger partial charge in [0.1, 0.15) is 6.54 Å². The summed E-state index contributed by atoms with van der Waals surface area (Å²) in [6.45, 7) is -0.682. The highest BCUT2D eigenvalue weighted by Gasteiger charge is 2.33. The molecular formula is C21H15Cl2F3N2O3S. The fraction of sp³-hybridized carbons (Fsp3) is 0.0952. The molecule has 5 nitrogen and oxygen atoms in total. The first-order chi connectivity index (χ1) is 15.0. The average molecular weight is 503 g/mol. The highest BCUT2D eigenvalue weighted by molar-refractivity contribution is 7.92. The first kappa shape index (κ1) is 23.9. The van der Waals surface area contributed by atoms with E-state index < -0.39 is 39.2 Å². The lowest BCUT2D eigenvalue weighted by Gasteiger charge is -2.24. The van der Waals surface area contributed by atoms with E-state index in [1.54, 1.807) is 18.2 Å². The van der Waals surface area contributed by atoms with E-state index >= 15 is 0 Å². The van der Waals surface area contributed by atoms with E-state index in [-0.39, 0.29) is 16.3 Å². The third-order valence-corrected chi connectivity index (χ3v) is 6.66. The van der Waals surface area contributed by atoms with Crippen LogP contribution in [0.4, 0.5) is 24.5 Å². The minimum Gasteiger partial charge on any atom is -0.324 e. The van der Waals surface area contributed by atoms with Gasteiger partial charge in [0.05, 0.1) is 21.2 Å². The van der Waals surface area contributed by atoms with Crippen molar-refractivity contribution in [2.45, 2.75) is 11.1 Å². The molecule has 0 atom stereocenters. The molecule has 0 aromatic heterocycles. The van der Waals surface area contributed by atoms with Gasteiger partial charge < -0.3 is 5.32 Å². The van der Waals surface area contributed by atoms with E-state index in [2.05, 4.69) is 5.32 Å². The number of hydrogen-bond donors (Lipinski definition) is 1. The standard InChI is InChI=1S/C21H15Cl2F3N2O3S/c22-14-6-9-17(10-7-14)32(30,31)28(16-4-2-1-3-5-16)13-20(29)27-15-8-11-19(23)18(12-15)21(24,25)26/h1-12H,13H2,(H,27,29). The van der Waals surface area contributed by atoms with Gasteiger partial charge in [0, 0.05) is 10.7 Å². The summed E-state index contributed by atoms with van der Waals surface area (Å²) in [4.78, 5) is 12.5. The number of nitrogens with zero attached hydrogens (tertiary/aromatic N) is 1. The van der Waals surface area contributed by atoms with Gasteiger partial charge in [0.25, 0.3) is 10.0 Å². The quantitative estimate of drug-likeness (QED) is 0.459. The van der Waals surface area contributed by atoms with Gasteiger partial charge in [0.2, 0.25) is 5.91 Å². The summed E-state index contributed by atoms with van der Waals surface area (Å²) in [5, 5.41) is 2.10. The van der Waals surface area contributed by atoms with Crippen LogP contribution < -0.4 is 9.62 Å². The van der Waals surface area contributed by atoms with E-state index in [9.17, 15) is 26.4 Å². The van der Waals surface area contributed by atoms with E-state index in [0.29, 0.717) is 11.1 Å². The molecule has 32 heavy (non-hydrogen) atoms. The molecule has 0 spiro atoms. The molecule has 1 amide bonds. The molecule has 168 valence electrons. The van der Waals surface area contributed by atoms with E-state index in [4.69, 9.17) is 23.2 Å². The van der Waals surface area contributed by atoms with Crippen LogP contribution in [0.5, 0.6) is 0 Å². The summed E-state index contributed by atoms with van der Waals surface area (Å²) >= 11 is 11.4. The van der Waals surface area contributed by atoms with Gasteiger partial charge in [-0.05, 0) is 54.6 Å². The number of sulfonamides is 1. The topological polar surface area (TPSA) is 66.5 Å². The van der Waals surface area contributed by atoms with E-state index in [1.165, 1.54) is 42.5 Å². The zero-order valence-electron chi connectivity index (χ0n) is 16.1. The molecule has 0 aliphatic rings. The molecule has 0 saturated heterocycles. The molecule has 1 N–H and O–H groups in total. The van der Waals surface area contributed by atoms with Crippen molar-refractivity contribution in [3.05, 3.63) is 88.4 Å². The van der Waals surface area contributed by atoms with Gasteiger partial charge in [0.15, 0.2) is 0 Å². The van der Waals surface area contributed by atoms with Crippen LogP contribution in [0.2, 0.25) is 10.0 Å². The molecule has 3 aromatic carbocycles. The molecule has 0 radical (unpaired) electrons. The van der Waals surface area contributed by atoms with Crippen molar-refractivity contribution >= 4 is 50.5 Å². The lowest BCUT2D eigenvalue weighted by Crippen LogP contribution is -2.38. The van der Waals surface area contributed by atoms with Gasteiger partial charge in [-0.15, -0.1) is 0 Å². The largest absolute Gasteiger partial charge is 0.417 e. The molecule has 0 saturated carbocycles. The number of rotatable bonds is 6. The molecule has 0 aliphatic heterocycles. The van der Waals surface area contributed by atoms with Gasteiger partial charge in [-0.2, -0.15) is 13.2 Å². The van der Waals surface area contributed by atoms with Crippen LogP contribution in [0, 0.1) is 0 Å². The first-order valence-electron chi connectivity index (χ1n) is 8.98. The van der Waals surface area contributed by atoms with Gasteiger partial charge in [-0.1, -0.05) is 41.4 Å². The second-order valence-electron chi connectivity index (χ2n) is 6.54. The number of carbonyl (C=O) groups excluding carboxylic acids is 1. The Hall–Kier alpha value is -2.75. The molecule has 0 bridgehead atoms. The van der Waals surface area contributed by atoms with Gasteiger partial charge in [-0.3, -0.25) is 9.10 Å². The second-order valence-corrected chi connectivity index (χ2v) is 9.25. The highest BCUT2D eigenvalue weighted by Crippen LogP contribution is 2.36. The number of hydrogen-bond acceptors (Lipinski definition) is 3. The fourth-order valence-electron chi connectivity index (χ4n) is 2.79. The Kier molecular flexibility index (Phi) is 7.02. The third-order valence-electron chi connectivity index (χ3n) is 4.29. The number of nitrogens with one attached hydrogen (secondary N) is 1. The predicted octanol–water partition coefficient (Wildman–Crippen LogP) is 5.85. The van der Waals surface area contributed by atoms with Crippen molar-refractivity contribution in [3.8, 4) is 0 Å². The number of anilines is 2. The third kappa shape index (κ3) is 5.53. The smallest absolute Gasteiger partial charge is 0.324 e. The SMILES string of the molecule is O=C(CN(c1ccccc1)S(=O)(=O)c1ccc(Cl)cc1)Nc1ccc(Cl)c(C(F)(F)F)c1. The number of carbonyl (C=O) groups is 1. The normalized spacial score (nSPS) is 11.8. The summed E-state index contributed by atoms with van der Waals surface area (Å²) in [6, 6.07) is 16.1. The molecule has 11 heteroatoms. The molecule has 0 heterocycles. The summed E-state index contributed by atoms with van der Waals surface area (Å²) in [5.41, 5.74) is -1.10. The molecule has 3 aromatic rings. The van der Waals surface area contributed by atoms with Crippen molar-refractivity contribution in [1.82, 2.24) is 0 Å². The van der Waals surface area contributed by atoms with Crippen molar-refractivity contribution in [2.75, 3.05) is 16.2 Å². The van der Waals surface area contributed by atoms with Crippen LogP contribution in [-0.4, -0.2) is 20.9 Å². The van der Waals surface area contributed by atoms with Crippen molar-refractivity contribution in [1.29, 1.82) is 0 Å². The number of benzene rings is 3.